The molecule has 0 unspecified atom stereocenters. The van der Waals surface area contributed by atoms with Crippen molar-refractivity contribution in [1.82, 2.24) is 14.1 Å². The average molecular weight is 335 g/mol. The van der Waals surface area contributed by atoms with Crippen LogP contribution in [0.2, 0.25) is 0 Å². The predicted molar refractivity (Wildman–Crippen MR) is 96.2 cm³/mol. The van der Waals surface area contributed by atoms with Gasteiger partial charge in [-0.25, -0.2) is 9.78 Å². The second-order valence-corrected chi connectivity index (χ2v) is 5.81. The summed E-state index contributed by atoms with van der Waals surface area (Å²) >= 11 is 0. The van der Waals surface area contributed by atoms with Gasteiger partial charge >= 0.3 is 5.69 Å². The molecule has 7 heteroatoms. The Hall–Kier alpha value is -3.40. The van der Waals surface area contributed by atoms with Crippen molar-refractivity contribution >= 4 is 16.9 Å². The number of nitrogens with zero attached hydrogens (tertiary/aromatic N) is 4. The second-order valence-electron chi connectivity index (χ2n) is 5.81. The first-order valence-electron chi connectivity index (χ1n) is 7.79. The van der Waals surface area contributed by atoms with E-state index in [0.29, 0.717) is 11.1 Å². The van der Waals surface area contributed by atoms with Crippen LogP contribution in [-0.2, 0) is 20.5 Å². The summed E-state index contributed by atoms with van der Waals surface area (Å²) in [4.78, 5) is 29.1. The van der Waals surface area contributed by atoms with E-state index in [1.807, 2.05) is 37.3 Å². The maximum Gasteiger partial charge on any atom is 0.332 e. The highest BCUT2D eigenvalue weighted by atomic mass is 16.2. The molecule has 126 valence electrons. The molecule has 0 aliphatic rings. The number of pyridine rings is 1. The Morgan fingerprint density at radius 1 is 1.16 bits per heavy atom. The lowest BCUT2D eigenvalue weighted by atomic mass is 9.96. The third kappa shape index (κ3) is 2.39. The summed E-state index contributed by atoms with van der Waals surface area (Å²) < 4.78 is 2.27. The Morgan fingerprint density at radius 2 is 1.80 bits per heavy atom. The van der Waals surface area contributed by atoms with Gasteiger partial charge in [-0.3, -0.25) is 13.9 Å². The third-order valence-electron chi connectivity index (χ3n) is 4.38. The van der Waals surface area contributed by atoms with Gasteiger partial charge in [0.05, 0.1) is 5.39 Å². The molecular weight excluding hydrogens is 318 g/mol. The van der Waals surface area contributed by atoms with Crippen LogP contribution >= 0.6 is 0 Å². The minimum Gasteiger partial charge on any atom is -0.383 e. The minimum atomic E-state index is -0.503. The zero-order chi connectivity index (χ0) is 18.3. The highest BCUT2D eigenvalue weighted by Crippen LogP contribution is 2.31. The molecule has 0 saturated heterocycles. The summed E-state index contributed by atoms with van der Waals surface area (Å²) in [7, 11) is 2.92. The van der Waals surface area contributed by atoms with Crippen LogP contribution in [0.4, 0.5) is 5.82 Å². The van der Waals surface area contributed by atoms with E-state index in [2.05, 4.69) is 4.98 Å². The first-order chi connectivity index (χ1) is 11.9. The van der Waals surface area contributed by atoms with Gasteiger partial charge < -0.3 is 5.73 Å². The van der Waals surface area contributed by atoms with E-state index < -0.39 is 11.2 Å². The fourth-order valence-corrected chi connectivity index (χ4v) is 2.92. The fourth-order valence-electron chi connectivity index (χ4n) is 2.92. The molecule has 1 aromatic carbocycles. The molecule has 0 saturated carbocycles. The zero-order valence-electron chi connectivity index (χ0n) is 14.2. The Kier molecular flexibility index (Phi) is 3.89. The number of nitrogens with two attached hydrogens (primary N) is 1. The summed E-state index contributed by atoms with van der Waals surface area (Å²) in [6.45, 7) is 2.04. The van der Waals surface area contributed by atoms with Crippen LogP contribution in [0.1, 0.15) is 18.1 Å². The molecular formula is C18H17N5O2. The number of aromatic nitrogens is 3. The molecule has 0 spiro atoms. The molecule has 2 aromatic heterocycles. The monoisotopic (exact) mass is 335 g/mol. The van der Waals surface area contributed by atoms with Crippen LogP contribution in [0.5, 0.6) is 0 Å². The van der Waals surface area contributed by atoms with Crippen molar-refractivity contribution < 1.29 is 0 Å². The first kappa shape index (κ1) is 16.5. The average Bonchev–Trinajstić information content (AvgIpc) is 2.63. The number of fused-ring (bicyclic) bond motifs is 1. The maximum absolute atomic E-state index is 12.8. The summed E-state index contributed by atoms with van der Waals surface area (Å²) in [5, 5.41) is 9.77. The molecule has 7 nitrogen and oxygen atoms in total. The summed E-state index contributed by atoms with van der Waals surface area (Å²) in [5.41, 5.74) is 7.46. The summed E-state index contributed by atoms with van der Waals surface area (Å²) in [6, 6.07) is 9.60. The highest BCUT2D eigenvalue weighted by molar-refractivity contribution is 5.97. The van der Waals surface area contributed by atoms with Crippen LogP contribution in [0.25, 0.3) is 22.2 Å². The highest BCUT2D eigenvalue weighted by Gasteiger charge is 2.21. The predicted octanol–water partition coefficient (Wildman–Crippen LogP) is 1.32. The Morgan fingerprint density at radius 3 is 2.36 bits per heavy atom. The normalized spacial score (nSPS) is 10.8. The van der Waals surface area contributed by atoms with Gasteiger partial charge in [0.2, 0.25) is 0 Å². The summed E-state index contributed by atoms with van der Waals surface area (Å²) in [6.07, 6.45) is 0.876. The van der Waals surface area contributed by atoms with E-state index in [1.54, 1.807) is 0 Å². The number of nitrogen functional groups attached to an aromatic ring is 1. The molecule has 2 heterocycles. The van der Waals surface area contributed by atoms with Crippen LogP contribution in [0.15, 0.2) is 33.9 Å². The third-order valence-corrected chi connectivity index (χ3v) is 4.38. The fraction of sp³-hybridized carbons (Fsp3) is 0.222. The van der Waals surface area contributed by atoms with Gasteiger partial charge in [-0.2, -0.15) is 5.26 Å². The maximum atomic E-state index is 12.8. The number of anilines is 1. The molecule has 0 amide bonds. The quantitative estimate of drug-likeness (QED) is 0.760. The number of hydrogen-bond acceptors (Lipinski definition) is 5. The number of hydrogen-bond donors (Lipinski definition) is 1. The van der Waals surface area contributed by atoms with Crippen molar-refractivity contribution in [3.8, 4) is 17.2 Å². The van der Waals surface area contributed by atoms with Gasteiger partial charge in [0.15, 0.2) is 5.65 Å². The number of rotatable bonds is 2. The molecule has 3 rings (SSSR count). The van der Waals surface area contributed by atoms with Gasteiger partial charge in [0.25, 0.3) is 5.56 Å². The van der Waals surface area contributed by atoms with Crippen LogP contribution in [0, 0.1) is 11.3 Å². The van der Waals surface area contributed by atoms with Gasteiger partial charge in [0.1, 0.15) is 17.5 Å². The van der Waals surface area contributed by atoms with Crippen molar-refractivity contribution in [3.05, 3.63) is 56.2 Å². The Labute approximate surface area is 143 Å². The van der Waals surface area contributed by atoms with Crippen molar-refractivity contribution in [2.75, 3.05) is 5.73 Å². The lowest BCUT2D eigenvalue weighted by molar-refractivity contribution is 0.708. The molecule has 2 N–H and O–H groups in total. The van der Waals surface area contributed by atoms with Crippen molar-refractivity contribution in [1.29, 1.82) is 5.26 Å². The lowest BCUT2D eigenvalue weighted by Gasteiger charge is -2.14. The van der Waals surface area contributed by atoms with Gasteiger partial charge in [-0.05, 0) is 17.5 Å². The van der Waals surface area contributed by atoms with E-state index in [9.17, 15) is 14.9 Å². The molecule has 25 heavy (non-hydrogen) atoms. The number of benzene rings is 1. The first-order valence-corrected chi connectivity index (χ1v) is 7.79. The second kappa shape index (κ2) is 5.91. The van der Waals surface area contributed by atoms with E-state index >= 15 is 0 Å². The Bertz CT molecular complexity index is 1150. The van der Waals surface area contributed by atoms with Crippen molar-refractivity contribution in [3.63, 3.8) is 0 Å². The van der Waals surface area contributed by atoms with Crippen LogP contribution < -0.4 is 17.0 Å². The minimum absolute atomic E-state index is 0.00665. The van der Waals surface area contributed by atoms with Gasteiger partial charge in [-0.15, -0.1) is 0 Å². The van der Waals surface area contributed by atoms with E-state index in [0.717, 1.165) is 16.6 Å². The van der Waals surface area contributed by atoms with E-state index in [1.165, 1.54) is 18.7 Å². The van der Waals surface area contributed by atoms with Gasteiger partial charge in [-0.1, -0.05) is 31.2 Å². The summed E-state index contributed by atoms with van der Waals surface area (Å²) in [5.74, 6) is -0.00665. The van der Waals surface area contributed by atoms with Crippen LogP contribution in [0.3, 0.4) is 0 Å². The molecule has 0 aliphatic heterocycles. The topological polar surface area (TPSA) is 107 Å². The molecule has 0 aliphatic carbocycles. The molecule has 0 atom stereocenters. The zero-order valence-corrected chi connectivity index (χ0v) is 14.2. The Balaban J connectivity index is 2.57. The molecule has 0 fully saturated rings. The van der Waals surface area contributed by atoms with Crippen molar-refractivity contribution in [2.45, 2.75) is 13.3 Å². The van der Waals surface area contributed by atoms with E-state index in [4.69, 9.17) is 5.73 Å². The molecule has 3 aromatic rings. The number of nitriles is 1. The number of aryl methyl sites for hydroxylation is 2. The van der Waals surface area contributed by atoms with E-state index in [-0.39, 0.29) is 22.4 Å². The smallest absolute Gasteiger partial charge is 0.332 e. The van der Waals surface area contributed by atoms with Gasteiger partial charge in [0, 0.05) is 19.7 Å². The van der Waals surface area contributed by atoms with Crippen LogP contribution in [-0.4, -0.2) is 14.1 Å². The SMILES string of the molecule is CCc1ccc(-c2c(C#N)c(N)nc3c2c(=O)n(C)c(=O)n3C)cc1. The lowest BCUT2D eigenvalue weighted by Crippen LogP contribution is -2.37. The molecule has 0 radical (unpaired) electrons. The molecule has 0 bridgehead atoms. The standard InChI is InChI=1S/C18H17N5O2/c1-4-10-5-7-11(8-6-10)13-12(9-19)15(20)21-16-14(13)17(24)23(3)18(25)22(16)2/h5-8H,4H2,1-3H3,(H2,20,21). The van der Waals surface area contributed by atoms with Crippen molar-refractivity contribution in [2.24, 2.45) is 14.1 Å². The largest absolute Gasteiger partial charge is 0.383 e.